The number of nitrogens with one attached hydrogen (secondary N) is 1. The summed E-state index contributed by atoms with van der Waals surface area (Å²) in [6.45, 7) is 0. The molecule has 0 saturated carbocycles. The van der Waals surface area contributed by atoms with Gasteiger partial charge in [0.05, 0.1) is 7.11 Å². The van der Waals surface area contributed by atoms with Gasteiger partial charge in [-0.3, -0.25) is 4.79 Å². The van der Waals surface area contributed by atoms with Gasteiger partial charge in [-0.25, -0.2) is 13.6 Å². The van der Waals surface area contributed by atoms with Crippen LogP contribution in [0.2, 0.25) is 0 Å². The fourth-order valence-electron chi connectivity index (χ4n) is 2.12. The highest BCUT2D eigenvalue weighted by Crippen LogP contribution is 2.13. The number of aliphatic carboxylic acids is 1. The Balaban J connectivity index is 2.12. The summed E-state index contributed by atoms with van der Waals surface area (Å²) in [7, 11) is 1.51. The third-order valence-corrected chi connectivity index (χ3v) is 3.33. The Morgan fingerprint density at radius 1 is 1.12 bits per heavy atom. The Hall–Kier alpha value is -2.96. The first-order valence-electron chi connectivity index (χ1n) is 7.01. The Morgan fingerprint density at radius 2 is 1.71 bits per heavy atom. The van der Waals surface area contributed by atoms with Gasteiger partial charge >= 0.3 is 5.97 Å². The van der Waals surface area contributed by atoms with Crippen molar-refractivity contribution in [2.24, 2.45) is 0 Å². The summed E-state index contributed by atoms with van der Waals surface area (Å²) in [5, 5.41) is 11.5. The summed E-state index contributed by atoms with van der Waals surface area (Å²) in [4.78, 5) is 23.4. The number of carboxylic acids is 1. The van der Waals surface area contributed by atoms with Crippen molar-refractivity contribution in [1.29, 1.82) is 0 Å². The zero-order valence-electron chi connectivity index (χ0n) is 12.8. The van der Waals surface area contributed by atoms with E-state index in [1.165, 1.54) is 7.11 Å². The van der Waals surface area contributed by atoms with Gasteiger partial charge in [-0.2, -0.15) is 0 Å². The maximum absolute atomic E-state index is 13.2. The SMILES string of the molecule is COc1ccc(C[C@H](NC(=O)c2cc(F)cc(F)c2)C(=O)O)cc1. The minimum absolute atomic E-state index is 0.0167. The van der Waals surface area contributed by atoms with Gasteiger partial charge < -0.3 is 15.2 Å². The first-order chi connectivity index (χ1) is 11.4. The van der Waals surface area contributed by atoms with Gasteiger partial charge in [0, 0.05) is 18.1 Å². The van der Waals surface area contributed by atoms with Crippen LogP contribution in [0.25, 0.3) is 0 Å². The van der Waals surface area contributed by atoms with Crippen LogP contribution in [-0.2, 0) is 11.2 Å². The highest BCUT2D eigenvalue weighted by molar-refractivity contribution is 5.96. The highest BCUT2D eigenvalue weighted by atomic mass is 19.1. The summed E-state index contributed by atoms with van der Waals surface area (Å²) in [6, 6.07) is 7.73. The number of rotatable bonds is 6. The van der Waals surface area contributed by atoms with E-state index in [4.69, 9.17) is 4.74 Å². The second-order valence-electron chi connectivity index (χ2n) is 5.07. The van der Waals surface area contributed by atoms with E-state index in [2.05, 4.69) is 5.32 Å². The standard InChI is InChI=1S/C17H15F2NO4/c1-24-14-4-2-10(3-5-14)6-15(17(22)23)20-16(21)11-7-12(18)9-13(19)8-11/h2-5,7-9,15H,6H2,1H3,(H,20,21)(H,22,23)/t15-/m0/s1. The molecule has 0 radical (unpaired) electrons. The Labute approximate surface area is 136 Å². The van der Waals surface area contributed by atoms with Gasteiger partial charge in [0.2, 0.25) is 0 Å². The molecule has 0 heterocycles. The van der Waals surface area contributed by atoms with E-state index >= 15 is 0 Å². The van der Waals surface area contributed by atoms with Crippen LogP contribution in [0.15, 0.2) is 42.5 Å². The lowest BCUT2D eigenvalue weighted by Gasteiger charge is -2.15. The molecule has 0 aliphatic carbocycles. The summed E-state index contributed by atoms with van der Waals surface area (Å²) < 4.78 is 31.3. The number of carbonyl (C=O) groups excluding carboxylic acids is 1. The second kappa shape index (κ2) is 7.54. The van der Waals surface area contributed by atoms with E-state index < -0.39 is 29.6 Å². The molecule has 0 aliphatic rings. The highest BCUT2D eigenvalue weighted by Gasteiger charge is 2.21. The average molecular weight is 335 g/mol. The monoisotopic (exact) mass is 335 g/mol. The molecule has 0 saturated heterocycles. The van der Waals surface area contributed by atoms with Crippen molar-refractivity contribution in [3.8, 4) is 5.75 Å². The van der Waals surface area contributed by atoms with Crippen LogP contribution in [0.4, 0.5) is 8.78 Å². The largest absolute Gasteiger partial charge is 0.497 e. The van der Waals surface area contributed by atoms with Crippen molar-refractivity contribution >= 4 is 11.9 Å². The van der Waals surface area contributed by atoms with E-state index in [0.717, 1.165) is 12.1 Å². The molecule has 24 heavy (non-hydrogen) atoms. The van der Waals surface area contributed by atoms with E-state index in [0.29, 0.717) is 17.4 Å². The minimum atomic E-state index is -1.25. The van der Waals surface area contributed by atoms with Crippen molar-refractivity contribution < 1.29 is 28.2 Å². The van der Waals surface area contributed by atoms with Crippen molar-refractivity contribution in [1.82, 2.24) is 5.32 Å². The molecule has 2 aromatic rings. The van der Waals surface area contributed by atoms with Crippen LogP contribution in [0, 0.1) is 11.6 Å². The fourth-order valence-corrected chi connectivity index (χ4v) is 2.12. The lowest BCUT2D eigenvalue weighted by atomic mass is 10.1. The molecule has 0 unspecified atom stereocenters. The predicted octanol–water partition coefficient (Wildman–Crippen LogP) is 2.40. The minimum Gasteiger partial charge on any atom is -0.497 e. The molecule has 2 rings (SSSR count). The molecular formula is C17H15F2NO4. The van der Waals surface area contributed by atoms with Gasteiger partial charge in [-0.1, -0.05) is 12.1 Å². The number of carboxylic acid groups (broad SMARTS) is 1. The lowest BCUT2D eigenvalue weighted by molar-refractivity contribution is -0.139. The summed E-state index contributed by atoms with van der Waals surface area (Å²) in [5.74, 6) is -3.33. The average Bonchev–Trinajstić information content (AvgIpc) is 2.53. The number of hydrogen-bond donors (Lipinski definition) is 2. The van der Waals surface area contributed by atoms with Crippen molar-refractivity contribution in [2.45, 2.75) is 12.5 Å². The van der Waals surface area contributed by atoms with Gasteiger partial charge in [0.1, 0.15) is 23.4 Å². The number of amides is 1. The number of methoxy groups -OCH3 is 1. The Bertz CT molecular complexity index is 727. The number of ether oxygens (including phenoxy) is 1. The summed E-state index contributed by atoms with van der Waals surface area (Å²) in [6.07, 6.45) is 0.0167. The third kappa shape index (κ3) is 4.52. The molecule has 0 spiro atoms. The Morgan fingerprint density at radius 3 is 2.21 bits per heavy atom. The maximum Gasteiger partial charge on any atom is 0.326 e. The van der Waals surface area contributed by atoms with Crippen LogP contribution < -0.4 is 10.1 Å². The van der Waals surface area contributed by atoms with E-state index in [1.54, 1.807) is 24.3 Å². The topological polar surface area (TPSA) is 75.6 Å². The van der Waals surface area contributed by atoms with Gasteiger partial charge in [0.25, 0.3) is 5.91 Å². The molecule has 2 N–H and O–H groups in total. The van der Waals surface area contributed by atoms with E-state index in [1.807, 2.05) is 0 Å². The van der Waals surface area contributed by atoms with Crippen molar-refractivity contribution in [2.75, 3.05) is 7.11 Å². The fraction of sp³-hybridized carbons (Fsp3) is 0.176. The predicted molar refractivity (Wildman–Crippen MR) is 81.9 cm³/mol. The first kappa shape index (κ1) is 17.4. The lowest BCUT2D eigenvalue weighted by Crippen LogP contribution is -2.42. The van der Waals surface area contributed by atoms with Crippen molar-refractivity contribution in [3.63, 3.8) is 0 Å². The van der Waals surface area contributed by atoms with E-state index in [9.17, 15) is 23.5 Å². The quantitative estimate of drug-likeness (QED) is 0.850. The molecule has 126 valence electrons. The molecule has 0 aliphatic heterocycles. The molecule has 2 aromatic carbocycles. The number of benzene rings is 2. The Kier molecular flexibility index (Phi) is 5.47. The van der Waals surface area contributed by atoms with Crippen molar-refractivity contribution in [3.05, 3.63) is 65.2 Å². The van der Waals surface area contributed by atoms with Crippen LogP contribution in [-0.4, -0.2) is 30.1 Å². The molecule has 1 atom stereocenters. The zero-order valence-corrected chi connectivity index (χ0v) is 12.8. The first-order valence-corrected chi connectivity index (χ1v) is 7.01. The molecular weight excluding hydrogens is 320 g/mol. The normalized spacial score (nSPS) is 11.6. The van der Waals surface area contributed by atoms with Gasteiger partial charge in [-0.15, -0.1) is 0 Å². The second-order valence-corrected chi connectivity index (χ2v) is 5.07. The summed E-state index contributed by atoms with van der Waals surface area (Å²) >= 11 is 0. The van der Waals surface area contributed by atoms with Crippen LogP contribution in [0.5, 0.6) is 5.75 Å². The smallest absolute Gasteiger partial charge is 0.326 e. The number of halogens is 2. The van der Waals surface area contributed by atoms with Gasteiger partial charge in [-0.05, 0) is 29.8 Å². The maximum atomic E-state index is 13.2. The van der Waals surface area contributed by atoms with Crippen LogP contribution >= 0.6 is 0 Å². The summed E-state index contributed by atoms with van der Waals surface area (Å²) in [5.41, 5.74) is 0.377. The molecule has 1 amide bonds. The molecule has 7 heteroatoms. The van der Waals surface area contributed by atoms with Crippen LogP contribution in [0.1, 0.15) is 15.9 Å². The molecule has 0 aromatic heterocycles. The molecule has 0 fully saturated rings. The third-order valence-electron chi connectivity index (χ3n) is 3.33. The molecule has 5 nitrogen and oxygen atoms in total. The molecule has 0 bridgehead atoms. The van der Waals surface area contributed by atoms with Crippen LogP contribution in [0.3, 0.4) is 0 Å². The number of hydrogen-bond acceptors (Lipinski definition) is 3. The zero-order chi connectivity index (χ0) is 17.7. The number of carbonyl (C=O) groups is 2. The van der Waals surface area contributed by atoms with E-state index in [-0.39, 0.29) is 12.0 Å². The van der Waals surface area contributed by atoms with Gasteiger partial charge in [0.15, 0.2) is 0 Å².